The number of nitrogens with zero attached hydrogens (tertiary/aromatic N) is 1. The Kier molecular flexibility index (Phi) is 2.97. The summed E-state index contributed by atoms with van der Waals surface area (Å²) in [7, 11) is 2.19. The van der Waals surface area contributed by atoms with Crippen LogP contribution in [0, 0.1) is 0 Å². The van der Waals surface area contributed by atoms with Crippen molar-refractivity contribution in [3.63, 3.8) is 0 Å². The van der Waals surface area contributed by atoms with Gasteiger partial charge in [-0.05, 0) is 49.5 Å². The third kappa shape index (κ3) is 2.02. The largest absolute Gasteiger partial charge is 0.347 e. The van der Waals surface area contributed by atoms with Gasteiger partial charge < -0.3 is 9.88 Å². The molecule has 1 aliphatic heterocycles. The third-order valence-corrected chi connectivity index (χ3v) is 4.30. The van der Waals surface area contributed by atoms with Gasteiger partial charge in [0.1, 0.15) is 0 Å². The molecule has 2 nitrogen and oxygen atoms in total. The van der Waals surface area contributed by atoms with E-state index in [1.54, 1.807) is 0 Å². The summed E-state index contributed by atoms with van der Waals surface area (Å²) < 4.78 is 3.51. The van der Waals surface area contributed by atoms with E-state index in [4.69, 9.17) is 0 Å². The van der Waals surface area contributed by atoms with Crippen molar-refractivity contribution < 1.29 is 0 Å². The number of benzene rings is 1. The second kappa shape index (κ2) is 4.46. The average Bonchev–Trinajstić information content (AvgIpc) is 2.68. The summed E-state index contributed by atoms with van der Waals surface area (Å²) >= 11 is 3.55. The molecule has 3 heteroatoms. The number of nitrogens with one attached hydrogen (secondary N) is 1. The summed E-state index contributed by atoms with van der Waals surface area (Å²) in [5.41, 5.74) is 2.81. The highest BCUT2D eigenvalue weighted by molar-refractivity contribution is 9.10. The fourth-order valence-corrected chi connectivity index (χ4v) is 3.18. The van der Waals surface area contributed by atoms with E-state index in [9.17, 15) is 0 Å². The Labute approximate surface area is 110 Å². The molecule has 0 saturated carbocycles. The van der Waals surface area contributed by atoms with Crippen LogP contribution < -0.4 is 5.32 Å². The molecule has 0 amide bonds. The summed E-state index contributed by atoms with van der Waals surface area (Å²) in [4.78, 5) is 0. The zero-order chi connectivity index (χ0) is 11.8. The van der Waals surface area contributed by atoms with Crippen LogP contribution in [0.15, 0.2) is 28.7 Å². The van der Waals surface area contributed by atoms with Crippen LogP contribution in [-0.4, -0.2) is 17.7 Å². The van der Waals surface area contributed by atoms with Crippen molar-refractivity contribution >= 4 is 26.8 Å². The molecule has 1 N–H and O–H groups in total. The van der Waals surface area contributed by atoms with Crippen molar-refractivity contribution in [1.29, 1.82) is 0 Å². The van der Waals surface area contributed by atoms with Gasteiger partial charge in [0.2, 0.25) is 0 Å². The lowest BCUT2D eigenvalue weighted by Crippen LogP contribution is -2.27. The van der Waals surface area contributed by atoms with Crippen LogP contribution in [0.1, 0.15) is 24.5 Å². The predicted octanol–water partition coefficient (Wildman–Crippen LogP) is 3.41. The molecule has 1 saturated heterocycles. The van der Waals surface area contributed by atoms with Crippen molar-refractivity contribution in [3.8, 4) is 0 Å². The summed E-state index contributed by atoms with van der Waals surface area (Å²) in [5, 5.41) is 4.78. The number of rotatable bonds is 1. The van der Waals surface area contributed by atoms with Gasteiger partial charge in [0, 0.05) is 28.6 Å². The van der Waals surface area contributed by atoms with Gasteiger partial charge in [-0.2, -0.15) is 0 Å². The molecule has 2 aromatic rings. The van der Waals surface area contributed by atoms with Crippen molar-refractivity contribution in [2.45, 2.75) is 18.8 Å². The van der Waals surface area contributed by atoms with Gasteiger partial charge in [-0.25, -0.2) is 0 Å². The number of halogens is 1. The minimum Gasteiger partial charge on any atom is -0.347 e. The van der Waals surface area contributed by atoms with Gasteiger partial charge in [-0.1, -0.05) is 22.0 Å². The second-order valence-electron chi connectivity index (χ2n) is 4.86. The molecule has 1 aliphatic rings. The van der Waals surface area contributed by atoms with Crippen LogP contribution in [0.5, 0.6) is 0 Å². The molecule has 90 valence electrons. The predicted molar refractivity (Wildman–Crippen MR) is 75.5 cm³/mol. The minimum atomic E-state index is 0.715. The smallest absolute Gasteiger partial charge is 0.0491 e. The zero-order valence-corrected chi connectivity index (χ0v) is 11.6. The van der Waals surface area contributed by atoms with E-state index in [0.717, 1.165) is 17.6 Å². The highest BCUT2D eigenvalue weighted by Crippen LogP contribution is 2.31. The molecule has 1 fully saturated rings. The quantitative estimate of drug-likeness (QED) is 0.852. The standard InChI is InChI=1S/C14H17BrN2/c1-17-13(10-4-6-16-7-5-10)8-11-2-3-12(15)9-14(11)17/h2-3,8-10,16H,4-7H2,1H3. The van der Waals surface area contributed by atoms with Crippen LogP contribution in [0.2, 0.25) is 0 Å². The normalized spacial score (nSPS) is 17.8. The second-order valence-corrected chi connectivity index (χ2v) is 5.77. The molecule has 0 bridgehead atoms. The van der Waals surface area contributed by atoms with Gasteiger partial charge in [0.25, 0.3) is 0 Å². The van der Waals surface area contributed by atoms with Gasteiger partial charge in [-0.3, -0.25) is 0 Å². The number of fused-ring (bicyclic) bond motifs is 1. The summed E-state index contributed by atoms with van der Waals surface area (Å²) in [6, 6.07) is 8.89. The van der Waals surface area contributed by atoms with E-state index < -0.39 is 0 Å². The molecule has 2 heterocycles. The van der Waals surface area contributed by atoms with E-state index in [1.807, 2.05) is 0 Å². The molecular weight excluding hydrogens is 276 g/mol. The maximum absolute atomic E-state index is 3.55. The first-order valence-electron chi connectivity index (χ1n) is 6.21. The molecule has 0 radical (unpaired) electrons. The van der Waals surface area contributed by atoms with Gasteiger partial charge >= 0.3 is 0 Å². The molecule has 0 unspecified atom stereocenters. The van der Waals surface area contributed by atoms with E-state index >= 15 is 0 Å². The molecule has 0 atom stereocenters. The summed E-state index contributed by atoms with van der Waals surface area (Å²) in [6.07, 6.45) is 2.51. The first-order valence-corrected chi connectivity index (χ1v) is 7.00. The Balaban J connectivity index is 2.07. The molecule has 0 spiro atoms. The topological polar surface area (TPSA) is 17.0 Å². The van der Waals surface area contributed by atoms with Crippen LogP contribution in [0.25, 0.3) is 10.9 Å². The van der Waals surface area contributed by atoms with Gasteiger partial charge in [0.15, 0.2) is 0 Å². The van der Waals surface area contributed by atoms with E-state index in [2.05, 4.69) is 57.1 Å². The lowest BCUT2D eigenvalue weighted by Gasteiger charge is -2.23. The summed E-state index contributed by atoms with van der Waals surface area (Å²) in [6.45, 7) is 2.30. The Morgan fingerprint density at radius 3 is 2.76 bits per heavy atom. The first kappa shape index (κ1) is 11.3. The SMILES string of the molecule is Cn1c(C2CCNCC2)cc2ccc(Br)cc21. The number of aryl methyl sites for hydroxylation is 1. The molecule has 3 rings (SSSR count). The van der Waals surface area contributed by atoms with Crippen LogP contribution >= 0.6 is 15.9 Å². The van der Waals surface area contributed by atoms with E-state index in [0.29, 0.717) is 5.92 Å². The number of hydrogen-bond donors (Lipinski definition) is 1. The Morgan fingerprint density at radius 1 is 1.24 bits per heavy atom. The average molecular weight is 293 g/mol. The van der Waals surface area contributed by atoms with Crippen molar-refractivity contribution in [2.75, 3.05) is 13.1 Å². The molecular formula is C14H17BrN2. The minimum absolute atomic E-state index is 0.715. The maximum Gasteiger partial charge on any atom is 0.0491 e. The van der Waals surface area contributed by atoms with Crippen LogP contribution in [0.3, 0.4) is 0 Å². The van der Waals surface area contributed by atoms with Crippen molar-refractivity contribution in [3.05, 3.63) is 34.4 Å². The zero-order valence-electron chi connectivity index (χ0n) is 10.0. The molecule has 1 aromatic heterocycles. The Bertz CT molecular complexity index is 538. The van der Waals surface area contributed by atoms with Crippen LogP contribution in [0.4, 0.5) is 0 Å². The fourth-order valence-electron chi connectivity index (χ4n) is 2.83. The highest BCUT2D eigenvalue weighted by atomic mass is 79.9. The highest BCUT2D eigenvalue weighted by Gasteiger charge is 2.19. The van der Waals surface area contributed by atoms with E-state index in [-0.39, 0.29) is 0 Å². The number of hydrogen-bond acceptors (Lipinski definition) is 1. The molecule has 1 aromatic carbocycles. The van der Waals surface area contributed by atoms with Crippen molar-refractivity contribution in [2.24, 2.45) is 7.05 Å². The third-order valence-electron chi connectivity index (χ3n) is 3.80. The first-order chi connectivity index (χ1) is 8.25. The number of piperidine rings is 1. The molecule has 0 aliphatic carbocycles. The monoisotopic (exact) mass is 292 g/mol. The maximum atomic E-state index is 3.55. The number of aromatic nitrogens is 1. The summed E-state index contributed by atoms with van der Waals surface area (Å²) in [5.74, 6) is 0.715. The van der Waals surface area contributed by atoms with Crippen molar-refractivity contribution in [1.82, 2.24) is 9.88 Å². The molecule has 17 heavy (non-hydrogen) atoms. The van der Waals surface area contributed by atoms with Gasteiger partial charge in [0.05, 0.1) is 0 Å². The lowest BCUT2D eigenvalue weighted by molar-refractivity contribution is 0.447. The Morgan fingerprint density at radius 2 is 2.00 bits per heavy atom. The Hall–Kier alpha value is -0.800. The fraction of sp³-hybridized carbons (Fsp3) is 0.429. The van der Waals surface area contributed by atoms with Gasteiger partial charge in [-0.15, -0.1) is 0 Å². The van der Waals surface area contributed by atoms with Crippen LogP contribution in [-0.2, 0) is 7.05 Å². The van der Waals surface area contributed by atoms with E-state index in [1.165, 1.54) is 29.4 Å². The lowest BCUT2D eigenvalue weighted by atomic mass is 9.94.